The highest BCUT2D eigenvalue weighted by Gasteiger charge is 2.12. The zero-order valence-electron chi connectivity index (χ0n) is 17.0. The molecule has 2 aromatic carbocycles. The van der Waals surface area contributed by atoms with E-state index in [0.717, 1.165) is 36.4 Å². The summed E-state index contributed by atoms with van der Waals surface area (Å²) < 4.78 is 13.4. The zero-order valence-corrected chi connectivity index (χ0v) is 17.0. The van der Waals surface area contributed by atoms with Gasteiger partial charge in [-0.2, -0.15) is 0 Å². The SMILES string of the molecule is COc1ccccc1Cn1nc(OCCCN(C)C)cc1Cc1ccccc1. The Morgan fingerprint density at radius 2 is 1.75 bits per heavy atom. The highest BCUT2D eigenvalue weighted by molar-refractivity contribution is 5.34. The van der Waals surface area contributed by atoms with Crippen LogP contribution in [0.4, 0.5) is 0 Å². The lowest BCUT2D eigenvalue weighted by atomic mass is 10.1. The first-order chi connectivity index (χ1) is 13.7. The minimum atomic E-state index is 0.646. The summed E-state index contributed by atoms with van der Waals surface area (Å²) in [5.74, 6) is 1.55. The Morgan fingerprint density at radius 3 is 2.50 bits per heavy atom. The van der Waals surface area contributed by atoms with Gasteiger partial charge in [0.05, 0.1) is 20.3 Å². The maximum absolute atomic E-state index is 5.92. The Hall–Kier alpha value is -2.79. The first kappa shape index (κ1) is 20.0. The van der Waals surface area contributed by atoms with Crippen LogP contribution in [0.25, 0.3) is 0 Å². The summed E-state index contributed by atoms with van der Waals surface area (Å²) in [6.45, 7) is 2.31. The van der Waals surface area contributed by atoms with E-state index in [1.807, 2.05) is 28.9 Å². The predicted octanol–water partition coefficient (Wildman–Crippen LogP) is 3.86. The van der Waals surface area contributed by atoms with Crippen LogP contribution in [0.1, 0.15) is 23.2 Å². The lowest BCUT2D eigenvalue weighted by Crippen LogP contribution is -2.15. The molecular formula is C23H29N3O2. The van der Waals surface area contributed by atoms with Crippen LogP contribution in [-0.4, -0.2) is 49.0 Å². The third-order valence-corrected chi connectivity index (χ3v) is 4.58. The average Bonchev–Trinajstić information content (AvgIpc) is 3.07. The molecule has 0 saturated carbocycles. The van der Waals surface area contributed by atoms with Crippen LogP contribution < -0.4 is 9.47 Å². The molecule has 0 unspecified atom stereocenters. The number of rotatable bonds is 10. The average molecular weight is 380 g/mol. The monoisotopic (exact) mass is 379 g/mol. The molecule has 0 bridgehead atoms. The predicted molar refractivity (Wildman–Crippen MR) is 112 cm³/mol. The van der Waals surface area contributed by atoms with Gasteiger partial charge in [0.25, 0.3) is 0 Å². The van der Waals surface area contributed by atoms with Gasteiger partial charge in [-0.05, 0) is 32.1 Å². The van der Waals surface area contributed by atoms with E-state index in [-0.39, 0.29) is 0 Å². The number of methoxy groups -OCH3 is 1. The third kappa shape index (κ3) is 5.60. The Balaban J connectivity index is 1.79. The molecule has 0 fully saturated rings. The van der Waals surface area contributed by atoms with E-state index >= 15 is 0 Å². The molecule has 5 nitrogen and oxygen atoms in total. The van der Waals surface area contributed by atoms with Crippen LogP contribution in [0.15, 0.2) is 60.7 Å². The molecule has 3 aromatic rings. The number of para-hydroxylation sites is 1. The van der Waals surface area contributed by atoms with E-state index in [4.69, 9.17) is 14.6 Å². The van der Waals surface area contributed by atoms with Crippen LogP contribution in [0.5, 0.6) is 11.6 Å². The van der Waals surface area contributed by atoms with Crippen molar-refractivity contribution in [2.75, 3.05) is 34.4 Å². The summed E-state index contributed by atoms with van der Waals surface area (Å²) in [5.41, 5.74) is 3.48. The van der Waals surface area contributed by atoms with Gasteiger partial charge in [0, 0.05) is 30.3 Å². The van der Waals surface area contributed by atoms with Crippen molar-refractivity contribution in [2.24, 2.45) is 0 Å². The largest absolute Gasteiger partial charge is 0.496 e. The maximum atomic E-state index is 5.92. The van der Waals surface area contributed by atoms with E-state index in [9.17, 15) is 0 Å². The highest BCUT2D eigenvalue weighted by atomic mass is 16.5. The van der Waals surface area contributed by atoms with Gasteiger partial charge in [-0.1, -0.05) is 48.5 Å². The standard InChI is InChI=1S/C23H29N3O2/c1-25(2)14-9-15-28-23-17-21(16-19-10-5-4-6-11-19)26(24-23)18-20-12-7-8-13-22(20)27-3/h4-8,10-13,17H,9,14-16,18H2,1-3H3. The second-order valence-electron chi connectivity index (χ2n) is 7.11. The molecule has 0 aliphatic carbocycles. The zero-order chi connectivity index (χ0) is 19.8. The summed E-state index contributed by atoms with van der Waals surface area (Å²) in [6, 6.07) is 20.6. The van der Waals surface area contributed by atoms with Crippen LogP contribution in [0.3, 0.4) is 0 Å². The van der Waals surface area contributed by atoms with Crippen molar-refractivity contribution in [1.82, 2.24) is 14.7 Å². The topological polar surface area (TPSA) is 39.5 Å². The molecular weight excluding hydrogens is 350 g/mol. The van der Waals surface area contributed by atoms with Crippen molar-refractivity contribution in [3.05, 3.63) is 77.5 Å². The Bertz CT molecular complexity index is 859. The molecule has 0 radical (unpaired) electrons. The first-order valence-corrected chi connectivity index (χ1v) is 9.66. The Labute approximate surface area is 167 Å². The summed E-state index contributed by atoms with van der Waals surface area (Å²) >= 11 is 0. The van der Waals surface area contributed by atoms with Gasteiger partial charge in [-0.25, -0.2) is 0 Å². The van der Waals surface area contributed by atoms with Crippen molar-refractivity contribution in [1.29, 1.82) is 0 Å². The molecule has 28 heavy (non-hydrogen) atoms. The number of benzene rings is 2. The minimum absolute atomic E-state index is 0.646. The quantitative estimate of drug-likeness (QED) is 0.502. The number of hydrogen-bond donors (Lipinski definition) is 0. The smallest absolute Gasteiger partial charge is 0.233 e. The van der Waals surface area contributed by atoms with Gasteiger partial charge in [-0.15, -0.1) is 5.10 Å². The number of hydrogen-bond acceptors (Lipinski definition) is 4. The lowest BCUT2D eigenvalue weighted by molar-refractivity contribution is 0.270. The Kier molecular flexibility index (Phi) is 7.09. The van der Waals surface area contributed by atoms with Crippen molar-refractivity contribution >= 4 is 0 Å². The van der Waals surface area contributed by atoms with Crippen molar-refractivity contribution < 1.29 is 9.47 Å². The van der Waals surface area contributed by atoms with E-state index in [0.29, 0.717) is 19.0 Å². The Morgan fingerprint density at radius 1 is 1.00 bits per heavy atom. The van der Waals surface area contributed by atoms with Crippen LogP contribution in [0, 0.1) is 0 Å². The van der Waals surface area contributed by atoms with Gasteiger partial charge in [0.15, 0.2) is 0 Å². The molecule has 5 heteroatoms. The fourth-order valence-corrected chi connectivity index (χ4v) is 3.14. The minimum Gasteiger partial charge on any atom is -0.496 e. The van der Waals surface area contributed by atoms with Gasteiger partial charge < -0.3 is 14.4 Å². The second-order valence-corrected chi connectivity index (χ2v) is 7.11. The van der Waals surface area contributed by atoms with E-state index in [1.54, 1.807) is 7.11 Å². The molecule has 0 aliphatic rings. The summed E-state index contributed by atoms with van der Waals surface area (Å²) in [6.07, 6.45) is 1.78. The number of ether oxygens (including phenoxy) is 2. The van der Waals surface area contributed by atoms with Gasteiger partial charge in [-0.3, -0.25) is 4.68 Å². The van der Waals surface area contributed by atoms with Crippen LogP contribution in [-0.2, 0) is 13.0 Å². The molecule has 0 aliphatic heterocycles. The number of aromatic nitrogens is 2. The highest BCUT2D eigenvalue weighted by Crippen LogP contribution is 2.22. The van der Waals surface area contributed by atoms with Crippen molar-refractivity contribution in [3.8, 4) is 11.6 Å². The summed E-state index contributed by atoms with van der Waals surface area (Å²) in [5, 5.41) is 4.72. The maximum Gasteiger partial charge on any atom is 0.233 e. The molecule has 3 rings (SSSR count). The third-order valence-electron chi connectivity index (χ3n) is 4.58. The molecule has 1 aromatic heterocycles. The molecule has 0 amide bonds. The second kappa shape index (κ2) is 9.95. The molecule has 0 N–H and O–H groups in total. The molecule has 148 valence electrons. The summed E-state index contributed by atoms with van der Waals surface area (Å²) in [4.78, 5) is 2.16. The van der Waals surface area contributed by atoms with Crippen molar-refractivity contribution in [2.45, 2.75) is 19.4 Å². The molecule has 0 saturated heterocycles. The normalized spacial score (nSPS) is 11.0. The summed E-state index contributed by atoms with van der Waals surface area (Å²) in [7, 11) is 5.84. The fraction of sp³-hybridized carbons (Fsp3) is 0.348. The van der Waals surface area contributed by atoms with E-state index in [1.165, 1.54) is 5.56 Å². The lowest BCUT2D eigenvalue weighted by Gasteiger charge is -2.11. The van der Waals surface area contributed by atoms with Gasteiger partial charge >= 0.3 is 0 Å². The van der Waals surface area contributed by atoms with E-state index in [2.05, 4.69) is 55.4 Å². The van der Waals surface area contributed by atoms with Gasteiger partial charge in [0.2, 0.25) is 5.88 Å². The molecule has 0 spiro atoms. The molecule has 1 heterocycles. The van der Waals surface area contributed by atoms with E-state index < -0.39 is 0 Å². The number of nitrogens with zero attached hydrogens (tertiary/aromatic N) is 3. The van der Waals surface area contributed by atoms with Crippen LogP contribution in [0.2, 0.25) is 0 Å². The van der Waals surface area contributed by atoms with Crippen molar-refractivity contribution in [3.63, 3.8) is 0 Å². The first-order valence-electron chi connectivity index (χ1n) is 9.66. The molecule has 0 atom stereocenters. The van der Waals surface area contributed by atoms with Gasteiger partial charge in [0.1, 0.15) is 5.75 Å². The fourth-order valence-electron chi connectivity index (χ4n) is 3.14. The van der Waals surface area contributed by atoms with Crippen LogP contribution >= 0.6 is 0 Å².